The molecular weight excluding hydrogens is 284 g/mol. The number of pyridine rings is 1. The number of aromatic nitrogens is 1. The molecule has 0 aliphatic carbocycles. The molecular formula is C17H15ClN2O. The van der Waals surface area contributed by atoms with Crippen LogP contribution < -0.4 is 4.74 Å². The van der Waals surface area contributed by atoms with E-state index in [0.29, 0.717) is 10.6 Å². The van der Waals surface area contributed by atoms with E-state index in [0.717, 1.165) is 23.4 Å². The number of benzene rings is 1. The van der Waals surface area contributed by atoms with Crippen molar-refractivity contribution in [2.75, 3.05) is 0 Å². The smallest absolute Gasteiger partial charge is 0.124 e. The van der Waals surface area contributed by atoms with Crippen LogP contribution in [0.15, 0.2) is 36.5 Å². The minimum absolute atomic E-state index is 0.0794. The van der Waals surface area contributed by atoms with Gasteiger partial charge in [0.15, 0.2) is 0 Å². The summed E-state index contributed by atoms with van der Waals surface area (Å²) in [7, 11) is 0. The van der Waals surface area contributed by atoms with Crippen molar-refractivity contribution in [1.82, 2.24) is 4.98 Å². The van der Waals surface area contributed by atoms with Crippen molar-refractivity contribution in [3.63, 3.8) is 0 Å². The van der Waals surface area contributed by atoms with Crippen molar-refractivity contribution in [2.24, 2.45) is 0 Å². The Morgan fingerprint density at radius 1 is 1.33 bits per heavy atom. The molecule has 1 aliphatic rings. The lowest BCUT2D eigenvalue weighted by Gasteiger charge is -2.37. The predicted octanol–water partition coefficient (Wildman–Crippen LogP) is 4.30. The highest BCUT2D eigenvalue weighted by atomic mass is 35.5. The van der Waals surface area contributed by atoms with Crippen LogP contribution in [-0.4, -0.2) is 10.6 Å². The van der Waals surface area contributed by atoms with E-state index in [-0.39, 0.29) is 11.5 Å². The molecule has 0 radical (unpaired) electrons. The lowest BCUT2D eigenvalue weighted by atomic mass is 9.81. The van der Waals surface area contributed by atoms with Gasteiger partial charge >= 0.3 is 0 Å². The molecule has 3 rings (SSSR count). The molecule has 1 aromatic carbocycles. The van der Waals surface area contributed by atoms with Gasteiger partial charge in [-0.15, -0.1) is 0 Å². The fourth-order valence-corrected chi connectivity index (χ4v) is 2.97. The Bertz CT molecular complexity index is 734. The fourth-order valence-electron chi connectivity index (χ4n) is 2.80. The van der Waals surface area contributed by atoms with E-state index in [2.05, 4.69) is 24.9 Å². The van der Waals surface area contributed by atoms with E-state index in [9.17, 15) is 0 Å². The number of hydrogen-bond donors (Lipinski definition) is 0. The van der Waals surface area contributed by atoms with Crippen molar-refractivity contribution in [3.05, 3.63) is 58.4 Å². The number of nitriles is 1. The Labute approximate surface area is 129 Å². The molecule has 0 spiro atoms. The van der Waals surface area contributed by atoms with Crippen LogP contribution in [0.1, 0.15) is 43.0 Å². The molecule has 0 saturated carbocycles. The van der Waals surface area contributed by atoms with Gasteiger partial charge in [-0.05, 0) is 50.6 Å². The normalized spacial score (nSPS) is 19.2. The molecule has 21 heavy (non-hydrogen) atoms. The molecule has 2 heterocycles. The molecule has 1 atom stereocenters. The topological polar surface area (TPSA) is 45.9 Å². The van der Waals surface area contributed by atoms with Crippen molar-refractivity contribution in [1.29, 1.82) is 5.26 Å². The molecule has 2 aromatic rings. The molecule has 0 amide bonds. The van der Waals surface area contributed by atoms with Gasteiger partial charge in [0.2, 0.25) is 0 Å². The Hall–Kier alpha value is -2.05. The maximum Gasteiger partial charge on any atom is 0.124 e. The fraction of sp³-hybridized carbons (Fsp3) is 0.294. The van der Waals surface area contributed by atoms with Crippen LogP contribution in [-0.2, 0) is 0 Å². The van der Waals surface area contributed by atoms with E-state index >= 15 is 0 Å². The van der Waals surface area contributed by atoms with Crippen LogP contribution in [0.2, 0.25) is 5.02 Å². The van der Waals surface area contributed by atoms with Crippen molar-refractivity contribution in [2.45, 2.75) is 31.8 Å². The van der Waals surface area contributed by atoms with E-state index in [4.69, 9.17) is 21.6 Å². The molecule has 0 saturated heterocycles. The maximum absolute atomic E-state index is 9.12. The molecule has 1 unspecified atom stereocenters. The summed E-state index contributed by atoms with van der Waals surface area (Å²) >= 11 is 6.10. The van der Waals surface area contributed by atoms with Crippen molar-refractivity contribution in [3.8, 4) is 11.8 Å². The SMILES string of the molecule is CC1(C)CC(c2cc(Cl)ccn2)c2cc(C#N)ccc2O1. The highest BCUT2D eigenvalue weighted by Gasteiger charge is 2.35. The zero-order valence-corrected chi connectivity index (χ0v) is 12.7. The number of ether oxygens (including phenoxy) is 1. The third kappa shape index (κ3) is 2.72. The Morgan fingerprint density at radius 2 is 2.14 bits per heavy atom. The van der Waals surface area contributed by atoms with Crippen LogP contribution in [0.4, 0.5) is 0 Å². The van der Waals surface area contributed by atoms with Gasteiger partial charge in [0.05, 0.1) is 11.6 Å². The van der Waals surface area contributed by atoms with Gasteiger partial charge in [-0.1, -0.05) is 11.6 Å². The number of rotatable bonds is 1. The second-order valence-corrected chi connectivity index (χ2v) is 6.32. The molecule has 1 aromatic heterocycles. The molecule has 1 aliphatic heterocycles. The van der Waals surface area contributed by atoms with E-state index < -0.39 is 0 Å². The first-order valence-corrected chi connectivity index (χ1v) is 7.21. The standard InChI is InChI=1S/C17H15ClN2O/c1-17(2)9-14(15-8-12(18)5-6-20-15)13-7-11(10-19)3-4-16(13)21-17/h3-8,14H,9H2,1-2H3. The van der Waals surface area contributed by atoms with E-state index in [1.807, 2.05) is 18.2 Å². The highest BCUT2D eigenvalue weighted by molar-refractivity contribution is 6.30. The molecule has 3 nitrogen and oxygen atoms in total. The number of hydrogen-bond acceptors (Lipinski definition) is 3. The number of fused-ring (bicyclic) bond motifs is 1. The third-order valence-electron chi connectivity index (χ3n) is 3.70. The Morgan fingerprint density at radius 3 is 2.86 bits per heavy atom. The van der Waals surface area contributed by atoms with Crippen LogP contribution in [0.3, 0.4) is 0 Å². The van der Waals surface area contributed by atoms with Gasteiger partial charge in [0.25, 0.3) is 0 Å². The van der Waals surface area contributed by atoms with Gasteiger partial charge in [-0.3, -0.25) is 4.98 Å². The van der Waals surface area contributed by atoms with Crippen molar-refractivity contribution < 1.29 is 4.74 Å². The zero-order valence-electron chi connectivity index (χ0n) is 11.9. The summed E-state index contributed by atoms with van der Waals surface area (Å²) in [6, 6.07) is 11.4. The summed E-state index contributed by atoms with van der Waals surface area (Å²) in [4.78, 5) is 4.46. The van der Waals surface area contributed by atoms with E-state index in [1.54, 1.807) is 18.3 Å². The first-order chi connectivity index (χ1) is 9.98. The molecule has 106 valence electrons. The molecule has 4 heteroatoms. The molecule has 0 N–H and O–H groups in total. The summed E-state index contributed by atoms with van der Waals surface area (Å²) in [6.07, 6.45) is 2.51. The van der Waals surface area contributed by atoms with Gasteiger partial charge < -0.3 is 4.74 Å². The predicted molar refractivity (Wildman–Crippen MR) is 81.6 cm³/mol. The maximum atomic E-state index is 9.12. The first-order valence-electron chi connectivity index (χ1n) is 6.83. The first kappa shape index (κ1) is 13.9. The average molecular weight is 299 g/mol. The third-order valence-corrected chi connectivity index (χ3v) is 3.93. The summed E-state index contributed by atoms with van der Waals surface area (Å²) in [5.41, 5.74) is 2.26. The minimum Gasteiger partial charge on any atom is -0.488 e. The summed E-state index contributed by atoms with van der Waals surface area (Å²) in [6.45, 7) is 4.12. The van der Waals surface area contributed by atoms with Crippen molar-refractivity contribution >= 4 is 11.6 Å². The summed E-state index contributed by atoms with van der Waals surface area (Å²) in [5.74, 6) is 0.896. The minimum atomic E-state index is -0.282. The zero-order chi connectivity index (χ0) is 15.0. The lowest BCUT2D eigenvalue weighted by molar-refractivity contribution is 0.0769. The van der Waals surface area contributed by atoms with Crippen LogP contribution in [0, 0.1) is 11.3 Å². The summed E-state index contributed by atoms with van der Waals surface area (Å²) < 4.78 is 6.03. The lowest BCUT2D eigenvalue weighted by Crippen LogP contribution is -2.35. The summed E-state index contributed by atoms with van der Waals surface area (Å²) in [5, 5.41) is 9.78. The molecule has 0 fully saturated rings. The second kappa shape index (κ2) is 5.05. The van der Waals surface area contributed by atoms with Crippen LogP contribution in [0.25, 0.3) is 0 Å². The average Bonchev–Trinajstić information content (AvgIpc) is 2.45. The van der Waals surface area contributed by atoms with E-state index in [1.165, 1.54) is 0 Å². The quantitative estimate of drug-likeness (QED) is 0.788. The highest BCUT2D eigenvalue weighted by Crippen LogP contribution is 2.44. The van der Waals surface area contributed by atoms with Gasteiger partial charge in [0.1, 0.15) is 11.4 Å². The van der Waals surface area contributed by atoms with Gasteiger partial charge in [-0.2, -0.15) is 5.26 Å². The monoisotopic (exact) mass is 298 g/mol. The van der Waals surface area contributed by atoms with Gasteiger partial charge in [0, 0.05) is 28.4 Å². The largest absolute Gasteiger partial charge is 0.488 e. The Kier molecular flexibility index (Phi) is 3.35. The van der Waals surface area contributed by atoms with Gasteiger partial charge in [-0.25, -0.2) is 0 Å². The van der Waals surface area contributed by atoms with Crippen LogP contribution in [0.5, 0.6) is 5.75 Å². The molecule has 0 bridgehead atoms. The second-order valence-electron chi connectivity index (χ2n) is 5.88. The number of halogens is 1. The van der Waals surface area contributed by atoms with Crippen LogP contribution >= 0.6 is 11.6 Å². The number of nitrogens with zero attached hydrogens (tertiary/aromatic N) is 2. The Balaban J connectivity index is 2.15.